The van der Waals surface area contributed by atoms with Gasteiger partial charge >= 0.3 is 0 Å². The highest BCUT2D eigenvalue weighted by Gasteiger charge is 2.46. The number of nitrogens with one attached hydrogen (secondary N) is 3. The van der Waals surface area contributed by atoms with E-state index in [1.807, 2.05) is 39.0 Å². The van der Waals surface area contributed by atoms with Crippen LogP contribution >= 0.6 is 0 Å². The number of piperidine rings is 2. The standard InChI is InChI=1S/C52H70N10O6/c1-5-33-10-11-35(46(65)26-33)29-54-50(67)44-27-40(63)32-62(44)51(68)47(52(2,3)4)55-49(66)34-12-14-36(15-13-34)58-20-16-37(17-21-58)59-22-18-38(19-23-59)60-24-25-61-39(31-60)30-53-48-43(61)28-42(56-57-48)41-8-6-7-9-45(41)64/h1,6-11,26,28,34,36-40,44,47,63-65H,12-25,27,29-32H2,2-4H3,(H,53,57)(H,54,67)(H,55,66)/t34?,36?,39-,40+,44-,47+/m0/s1. The van der Waals surface area contributed by atoms with E-state index >= 15 is 0 Å². The van der Waals surface area contributed by atoms with Crippen LogP contribution in [0.3, 0.4) is 0 Å². The van der Waals surface area contributed by atoms with Gasteiger partial charge in [0.15, 0.2) is 5.82 Å². The van der Waals surface area contributed by atoms with Crippen molar-refractivity contribution in [2.45, 2.75) is 127 Å². The van der Waals surface area contributed by atoms with Crippen LogP contribution in [0.15, 0.2) is 48.5 Å². The first-order valence-corrected chi connectivity index (χ1v) is 25.0. The number of benzene rings is 2. The molecule has 3 amide bonds. The van der Waals surface area contributed by atoms with Gasteiger partial charge in [-0.1, -0.05) is 44.9 Å². The lowest BCUT2D eigenvalue weighted by Crippen LogP contribution is -2.61. The summed E-state index contributed by atoms with van der Waals surface area (Å²) in [4.78, 5) is 53.6. The molecule has 4 saturated heterocycles. The fourth-order valence-electron chi connectivity index (χ4n) is 11.9. The van der Waals surface area contributed by atoms with E-state index in [0.717, 1.165) is 89.5 Å². The number of fused-ring (bicyclic) bond motifs is 3. The molecule has 1 aliphatic carbocycles. The Morgan fingerprint density at radius 2 is 1.47 bits per heavy atom. The zero-order chi connectivity index (χ0) is 47.7. The van der Waals surface area contributed by atoms with Crippen LogP contribution in [0.1, 0.15) is 89.7 Å². The number of para-hydroxylation sites is 1. The highest BCUT2D eigenvalue weighted by atomic mass is 16.3. The number of aliphatic hydroxyl groups excluding tert-OH is 1. The molecule has 4 atom stereocenters. The number of piperazine rings is 1. The molecule has 1 aromatic heterocycles. The van der Waals surface area contributed by atoms with Crippen molar-refractivity contribution in [2.24, 2.45) is 11.3 Å². The van der Waals surface area contributed by atoms with Crippen molar-refractivity contribution >= 4 is 29.2 Å². The van der Waals surface area contributed by atoms with E-state index < -0.39 is 29.5 Å². The molecule has 364 valence electrons. The average molecular weight is 931 g/mol. The smallest absolute Gasteiger partial charge is 0.246 e. The van der Waals surface area contributed by atoms with E-state index in [-0.39, 0.29) is 48.7 Å². The Bertz CT molecular complexity index is 2340. The lowest BCUT2D eigenvalue weighted by Gasteiger charge is -2.50. The first-order valence-electron chi connectivity index (χ1n) is 25.0. The Morgan fingerprint density at radius 1 is 0.794 bits per heavy atom. The van der Waals surface area contributed by atoms with Crippen molar-refractivity contribution in [1.82, 2.24) is 40.4 Å². The molecule has 16 nitrogen and oxygen atoms in total. The molecule has 5 fully saturated rings. The average Bonchev–Trinajstić information content (AvgIpc) is 3.76. The van der Waals surface area contributed by atoms with E-state index in [1.165, 1.54) is 36.6 Å². The number of carbonyl (C=O) groups excluding carboxylic acids is 3. The molecular formula is C52H70N10O6. The van der Waals surface area contributed by atoms with E-state index in [4.69, 9.17) is 6.42 Å². The number of rotatable bonds is 10. The largest absolute Gasteiger partial charge is 0.508 e. The third-order valence-corrected chi connectivity index (χ3v) is 15.9. The van der Waals surface area contributed by atoms with E-state index in [0.29, 0.717) is 46.6 Å². The summed E-state index contributed by atoms with van der Waals surface area (Å²) in [5.74, 6) is 2.33. The van der Waals surface area contributed by atoms with Gasteiger partial charge in [0.25, 0.3) is 0 Å². The van der Waals surface area contributed by atoms with E-state index in [2.05, 4.69) is 57.7 Å². The molecule has 2 aromatic carbocycles. The topological polar surface area (TPSA) is 190 Å². The van der Waals surface area contributed by atoms with Gasteiger partial charge in [0.2, 0.25) is 17.7 Å². The second-order valence-electron chi connectivity index (χ2n) is 21.2. The number of phenols is 2. The van der Waals surface area contributed by atoms with Gasteiger partial charge in [-0.15, -0.1) is 16.6 Å². The third-order valence-electron chi connectivity index (χ3n) is 15.9. The predicted octanol–water partition coefficient (Wildman–Crippen LogP) is 3.75. The lowest BCUT2D eigenvalue weighted by molar-refractivity contribution is -0.144. The molecule has 0 bridgehead atoms. The molecular weight excluding hydrogens is 861 g/mol. The molecule has 6 aliphatic rings. The summed E-state index contributed by atoms with van der Waals surface area (Å²) in [5.41, 5.74) is 2.81. The Kier molecular flexibility index (Phi) is 14.2. The van der Waals surface area contributed by atoms with Crippen LogP contribution in [-0.2, 0) is 20.9 Å². The second kappa shape index (κ2) is 20.2. The van der Waals surface area contributed by atoms with Gasteiger partial charge < -0.3 is 50.9 Å². The fourth-order valence-corrected chi connectivity index (χ4v) is 11.9. The summed E-state index contributed by atoms with van der Waals surface area (Å²) in [6, 6.07) is 14.4. The van der Waals surface area contributed by atoms with Gasteiger partial charge in [0, 0.05) is 86.4 Å². The summed E-state index contributed by atoms with van der Waals surface area (Å²) in [6.45, 7) is 14.0. The number of phenolic OH excluding ortho intramolecular Hbond substituents is 2. The Labute approximate surface area is 400 Å². The van der Waals surface area contributed by atoms with Gasteiger partial charge in [-0.3, -0.25) is 19.3 Å². The number of hydrogen-bond acceptors (Lipinski definition) is 13. The molecule has 5 aliphatic heterocycles. The van der Waals surface area contributed by atoms with Gasteiger partial charge in [0.05, 0.1) is 23.5 Å². The van der Waals surface area contributed by atoms with Crippen molar-refractivity contribution in [3.63, 3.8) is 0 Å². The molecule has 0 spiro atoms. The monoisotopic (exact) mass is 931 g/mol. The maximum atomic E-state index is 14.2. The molecule has 9 rings (SSSR count). The van der Waals surface area contributed by atoms with Crippen LogP contribution in [-0.4, -0.2) is 164 Å². The number of hydrogen-bond donors (Lipinski definition) is 6. The van der Waals surface area contributed by atoms with Crippen LogP contribution in [0.4, 0.5) is 11.5 Å². The predicted molar refractivity (Wildman–Crippen MR) is 261 cm³/mol. The van der Waals surface area contributed by atoms with Crippen molar-refractivity contribution in [1.29, 1.82) is 0 Å². The Morgan fingerprint density at radius 3 is 2.13 bits per heavy atom. The number of aromatic nitrogens is 2. The lowest BCUT2D eigenvalue weighted by atomic mass is 9.82. The van der Waals surface area contributed by atoms with E-state index in [9.17, 15) is 29.7 Å². The first kappa shape index (κ1) is 47.6. The SMILES string of the molecule is C#Cc1ccc(CNC(=O)[C@@H]2C[C@@H](O)CN2C(=O)[C@@H](NC(=O)C2CCC(N3CCC(N4CCC(N5CCN6c7cc(-c8ccccc8O)nnc7NC[C@H]6C5)CC4)CC3)CC2)C(C)(C)C)c(O)c1. The Hall–Kier alpha value is -5.47. The zero-order valence-electron chi connectivity index (χ0n) is 39.9. The number of aliphatic hydroxyl groups is 1. The number of anilines is 2. The maximum Gasteiger partial charge on any atom is 0.246 e. The quantitative estimate of drug-likeness (QED) is 0.162. The van der Waals surface area contributed by atoms with Crippen LogP contribution in [0.5, 0.6) is 11.5 Å². The molecule has 6 N–H and O–H groups in total. The summed E-state index contributed by atoms with van der Waals surface area (Å²) in [6.07, 6.45) is 12.8. The molecule has 0 radical (unpaired) electrons. The fraction of sp³-hybridized carbons (Fsp3) is 0.596. The minimum absolute atomic E-state index is 0.00362. The summed E-state index contributed by atoms with van der Waals surface area (Å²) in [5, 5.41) is 49.8. The van der Waals surface area contributed by atoms with Gasteiger partial charge in [-0.25, -0.2) is 0 Å². The molecule has 1 saturated carbocycles. The molecule has 3 aromatic rings. The van der Waals surface area contributed by atoms with Gasteiger partial charge in [-0.05, 0) is 113 Å². The number of nitrogens with zero attached hydrogens (tertiary/aromatic N) is 7. The van der Waals surface area contributed by atoms with Crippen molar-refractivity contribution in [3.8, 4) is 35.1 Å². The molecule has 6 heterocycles. The maximum absolute atomic E-state index is 14.2. The minimum atomic E-state index is -0.913. The number of amides is 3. The Balaban J connectivity index is 0.707. The second-order valence-corrected chi connectivity index (χ2v) is 21.2. The van der Waals surface area contributed by atoms with Crippen LogP contribution in [0, 0.1) is 23.7 Å². The molecule has 16 heteroatoms. The summed E-state index contributed by atoms with van der Waals surface area (Å²) in [7, 11) is 0. The van der Waals surface area contributed by atoms with Crippen LogP contribution in [0.2, 0.25) is 0 Å². The van der Waals surface area contributed by atoms with Crippen molar-refractivity contribution < 1.29 is 29.7 Å². The van der Waals surface area contributed by atoms with Crippen LogP contribution < -0.4 is 20.9 Å². The van der Waals surface area contributed by atoms with Crippen molar-refractivity contribution in [3.05, 3.63) is 59.7 Å². The van der Waals surface area contributed by atoms with E-state index in [1.54, 1.807) is 18.2 Å². The molecule has 0 unspecified atom stereocenters. The third kappa shape index (κ3) is 10.3. The highest BCUT2D eigenvalue weighted by molar-refractivity contribution is 5.93. The first-order chi connectivity index (χ1) is 32.7. The normalized spacial score (nSPS) is 26.0. The van der Waals surface area contributed by atoms with Gasteiger partial charge in [0.1, 0.15) is 23.6 Å². The highest BCUT2D eigenvalue weighted by Crippen LogP contribution is 2.38. The number of β-amino-alcohol motifs (C(OH)–C–C–N with tert-alkyl or cyclic N) is 1. The summed E-state index contributed by atoms with van der Waals surface area (Å²) < 4.78 is 0. The van der Waals surface area contributed by atoms with Gasteiger partial charge in [-0.2, -0.15) is 0 Å². The number of likely N-dealkylation sites (tertiary alicyclic amines) is 3. The number of carbonyl (C=O) groups is 3. The summed E-state index contributed by atoms with van der Waals surface area (Å²) >= 11 is 0. The number of terminal acetylenes is 1. The molecule has 68 heavy (non-hydrogen) atoms. The number of aromatic hydroxyl groups is 2. The minimum Gasteiger partial charge on any atom is -0.508 e. The zero-order valence-corrected chi connectivity index (χ0v) is 39.9. The van der Waals surface area contributed by atoms with Crippen molar-refractivity contribution in [2.75, 3.05) is 69.1 Å². The van der Waals surface area contributed by atoms with Crippen LogP contribution in [0.25, 0.3) is 11.3 Å².